The molecule has 0 heterocycles. The molecule has 0 radical (unpaired) electrons. The third-order valence-electron chi connectivity index (χ3n) is 8.12. The Balaban J connectivity index is 3.79. The minimum absolute atomic E-state index is 0.0907. The molecule has 32 heavy (non-hydrogen) atoms. The molecule has 194 valence electrons. The highest BCUT2D eigenvalue weighted by molar-refractivity contribution is 4.89. The summed E-state index contributed by atoms with van der Waals surface area (Å²) in [6, 6.07) is 0. The number of unbranched alkanes of at least 4 members (excludes halogenated alkanes) is 19. The average Bonchev–Trinajstić information content (AvgIpc) is 2.81. The largest absolute Gasteiger partial charge is 0.325 e. The first-order valence-corrected chi connectivity index (χ1v) is 15.4. The van der Waals surface area contributed by atoms with Crippen LogP contribution in [0.4, 0.5) is 0 Å². The highest BCUT2D eigenvalue weighted by Crippen LogP contribution is 2.32. The molecule has 0 aromatic carbocycles. The van der Waals surface area contributed by atoms with Gasteiger partial charge in [-0.2, -0.15) is 0 Å². The first-order chi connectivity index (χ1) is 15.6. The topological polar surface area (TPSA) is 26.0 Å². The van der Waals surface area contributed by atoms with Gasteiger partial charge in [-0.1, -0.05) is 169 Å². The number of hydrogen-bond donors (Lipinski definition) is 1. The molecule has 2 N–H and O–H groups in total. The lowest BCUT2D eigenvalue weighted by atomic mass is 9.74. The Morgan fingerprint density at radius 2 is 0.812 bits per heavy atom. The van der Waals surface area contributed by atoms with E-state index < -0.39 is 0 Å². The van der Waals surface area contributed by atoms with E-state index in [1.165, 1.54) is 154 Å². The van der Waals surface area contributed by atoms with Gasteiger partial charge in [0, 0.05) is 5.54 Å². The van der Waals surface area contributed by atoms with Crippen molar-refractivity contribution in [2.45, 2.75) is 194 Å². The van der Waals surface area contributed by atoms with Crippen LogP contribution in [0.15, 0.2) is 0 Å². The van der Waals surface area contributed by atoms with Gasteiger partial charge < -0.3 is 5.73 Å². The fourth-order valence-electron chi connectivity index (χ4n) is 5.56. The number of nitrogens with two attached hydrogens (primary N) is 1. The van der Waals surface area contributed by atoms with Gasteiger partial charge in [0.2, 0.25) is 0 Å². The first kappa shape index (κ1) is 32.0. The zero-order valence-electron chi connectivity index (χ0n) is 23.3. The Morgan fingerprint density at radius 3 is 1.16 bits per heavy atom. The minimum Gasteiger partial charge on any atom is -0.325 e. The standard InChI is InChI=1S/C31H65N/c1-5-9-11-13-15-17-19-20-22-24-26-28-30(7-3)31(32,8-4)29-27-25-23-21-18-16-14-12-10-6-2/h30H,5-29,32H2,1-4H3. The van der Waals surface area contributed by atoms with E-state index in [-0.39, 0.29) is 5.54 Å². The lowest BCUT2D eigenvalue weighted by molar-refractivity contribution is 0.211. The summed E-state index contributed by atoms with van der Waals surface area (Å²) >= 11 is 0. The van der Waals surface area contributed by atoms with Crippen LogP contribution in [0.2, 0.25) is 0 Å². The molecular weight excluding hydrogens is 386 g/mol. The third-order valence-corrected chi connectivity index (χ3v) is 8.12. The molecule has 0 bridgehead atoms. The van der Waals surface area contributed by atoms with Crippen molar-refractivity contribution >= 4 is 0 Å². The summed E-state index contributed by atoms with van der Waals surface area (Å²) in [4.78, 5) is 0. The molecule has 0 saturated carbocycles. The molecule has 2 atom stereocenters. The van der Waals surface area contributed by atoms with Crippen LogP contribution < -0.4 is 5.73 Å². The molecule has 1 heteroatoms. The van der Waals surface area contributed by atoms with Gasteiger partial charge in [0.1, 0.15) is 0 Å². The van der Waals surface area contributed by atoms with Gasteiger partial charge in [-0.15, -0.1) is 0 Å². The molecule has 0 amide bonds. The fourth-order valence-corrected chi connectivity index (χ4v) is 5.56. The maximum absolute atomic E-state index is 6.99. The zero-order valence-corrected chi connectivity index (χ0v) is 23.3. The summed E-state index contributed by atoms with van der Waals surface area (Å²) in [6.45, 7) is 9.31. The summed E-state index contributed by atoms with van der Waals surface area (Å²) in [5, 5.41) is 0. The Bertz CT molecular complexity index is 352. The maximum Gasteiger partial charge on any atom is 0.0180 e. The van der Waals surface area contributed by atoms with Crippen molar-refractivity contribution in [1.82, 2.24) is 0 Å². The molecule has 0 aliphatic carbocycles. The van der Waals surface area contributed by atoms with E-state index in [4.69, 9.17) is 5.73 Å². The Hall–Kier alpha value is -0.0400. The molecular formula is C31H65N. The molecule has 0 aromatic rings. The molecule has 0 fully saturated rings. The monoisotopic (exact) mass is 452 g/mol. The van der Waals surface area contributed by atoms with Crippen molar-refractivity contribution in [3.63, 3.8) is 0 Å². The van der Waals surface area contributed by atoms with E-state index >= 15 is 0 Å². The van der Waals surface area contributed by atoms with Crippen molar-refractivity contribution in [3.05, 3.63) is 0 Å². The Labute approximate surface area is 205 Å². The van der Waals surface area contributed by atoms with E-state index in [1.54, 1.807) is 0 Å². The predicted octanol–water partition coefficient (Wildman–Crippen LogP) is 11.1. The Morgan fingerprint density at radius 1 is 0.469 bits per heavy atom. The second-order valence-electron chi connectivity index (χ2n) is 10.9. The van der Waals surface area contributed by atoms with E-state index in [1.807, 2.05) is 0 Å². The SMILES string of the molecule is CCCCCCCCCCCCCC(CC)C(N)(CC)CCCCCCCCCCCC. The Kier molecular flexibility index (Phi) is 24.1. The van der Waals surface area contributed by atoms with Crippen LogP contribution in [0, 0.1) is 5.92 Å². The lowest BCUT2D eigenvalue weighted by Gasteiger charge is -2.37. The molecule has 1 nitrogen and oxygen atoms in total. The zero-order chi connectivity index (χ0) is 23.8. The third kappa shape index (κ3) is 18.4. The molecule has 0 aromatic heterocycles. The summed E-state index contributed by atoms with van der Waals surface area (Å²) in [5.41, 5.74) is 7.08. The van der Waals surface area contributed by atoms with Crippen molar-refractivity contribution in [3.8, 4) is 0 Å². The summed E-state index contributed by atoms with van der Waals surface area (Å²) < 4.78 is 0. The van der Waals surface area contributed by atoms with E-state index in [0.29, 0.717) is 0 Å². The second-order valence-corrected chi connectivity index (χ2v) is 10.9. The van der Waals surface area contributed by atoms with Crippen molar-refractivity contribution in [1.29, 1.82) is 0 Å². The number of hydrogen-bond acceptors (Lipinski definition) is 1. The quantitative estimate of drug-likeness (QED) is 0.130. The van der Waals surface area contributed by atoms with Crippen LogP contribution in [-0.2, 0) is 0 Å². The summed E-state index contributed by atoms with van der Waals surface area (Å²) in [6.07, 6.45) is 35.0. The van der Waals surface area contributed by atoms with Gasteiger partial charge in [0.15, 0.2) is 0 Å². The minimum atomic E-state index is 0.0907. The van der Waals surface area contributed by atoms with Gasteiger partial charge >= 0.3 is 0 Å². The fraction of sp³-hybridized carbons (Fsp3) is 1.00. The molecule has 0 rings (SSSR count). The van der Waals surface area contributed by atoms with Crippen LogP contribution in [0.5, 0.6) is 0 Å². The van der Waals surface area contributed by atoms with E-state index in [9.17, 15) is 0 Å². The van der Waals surface area contributed by atoms with Gasteiger partial charge in [0.25, 0.3) is 0 Å². The lowest BCUT2D eigenvalue weighted by Crippen LogP contribution is -2.46. The van der Waals surface area contributed by atoms with E-state index in [2.05, 4.69) is 27.7 Å². The van der Waals surface area contributed by atoms with Crippen LogP contribution >= 0.6 is 0 Å². The van der Waals surface area contributed by atoms with Crippen molar-refractivity contribution in [2.75, 3.05) is 0 Å². The van der Waals surface area contributed by atoms with Crippen molar-refractivity contribution in [2.24, 2.45) is 11.7 Å². The normalized spacial score (nSPS) is 14.5. The maximum atomic E-state index is 6.99. The molecule has 0 spiro atoms. The van der Waals surface area contributed by atoms with Gasteiger partial charge in [-0.05, 0) is 25.2 Å². The molecule has 0 aliphatic heterocycles. The van der Waals surface area contributed by atoms with Crippen molar-refractivity contribution < 1.29 is 0 Å². The summed E-state index contributed by atoms with van der Waals surface area (Å²) in [5.74, 6) is 0.727. The molecule has 0 aliphatic rings. The molecule has 2 unspecified atom stereocenters. The van der Waals surface area contributed by atoms with Crippen LogP contribution in [0.3, 0.4) is 0 Å². The summed E-state index contributed by atoms with van der Waals surface area (Å²) in [7, 11) is 0. The van der Waals surface area contributed by atoms with Gasteiger partial charge in [0.05, 0.1) is 0 Å². The van der Waals surface area contributed by atoms with E-state index in [0.717, 1.165) is 12.3 Å². The highest BCUT2D eigenvalue weighted by Gasteiger charge is 2.30. The predicted molar refractivity (Wildman–Crippen MR) is 149 cm³/mol. The smallest absolute Gasteiger partial charge is 0.0180 e. The highest BCUT2D eigenvalue weighted by atomic mass is 14.8. The van der Waals surface area contributed by atoms with Crippen LogP contribution in [0.1, 0.15) is 188 Å². The molecule has 0 saturated heterocycles. The first-order valence-electron chi connectivity index (χ1n) is 15.4. The average molecular weight is 452 g/mol. The van der Waals surface area contributed by atoms with Crippen LogP contribution in [-0.4, -0.2) is 5.54 Å². The number of rotatable bonds is 26. The van der Waals surface area contributed by atoms with Gasteiger partial charge in [-0.3, -0.25) is 0 Å². The van der Waals surface area contributed by atoms with Gasteiger partial charge in [-0.25, -0.2) is 0 Å². The van der Waals surface area contributed by atoms with Crippen LogP contribution in [0.25, 0.3) is 0 Å². The second kappa shape index (κ2) is 24.1.